The van der Waals surface area contributed by atoms with Crippen LogP contribution >= 0.6 is 0 Å². The minimum Gasteiger partial charge on any atom is -0.255 e. The summed E-state index contributed by atoms with van der Waals surface area (Å²) in [6.07, 6.45) is 3.51. The molecule has 0 amide bonds. The molecule has 0 fully saturated rings. The molecule has 0 radical (unpaired) electrons. The van der Waals surface area contributed by atoms with E-state index in [1.165, 1.54) is 0 Å². The van der Waals surface area contributed by atoms with Crippen LogP contribution in [-0.4, -0.2) is 29.2 Å². The largest absolute Gasteiger partial charge is 0.255 e. The monoisotopic (exact) mass is 279 g/mol. The van der Waals surface area contributed by atoms with E-state index in [2.05, 4.69) is 10.3 Å². The number of sulfone groups is 1. The van der Waals surface area contributed by atoms with E-state index in [0.29, 0.717) is 4.90 Å². The van der Waals surface area contributed by atoms with Crippen LogP contribution in [0.15, 0.2) is 35.4 Å². The lowest BCUT2D eigenvalue weighted by molar-refractivity contribution is 0.597. The van der Waals surface area contributed by atoms with Crippen molar-refractivity contribution < 1.29 is 8.42 Å². The van der Waals surface area contributed by atoms with Crippen LogP contribution in [0, 0.1) is 0 Å². The van der Waals surface area contributed by atoms with E-state index in [9.17, 15) is 8.42 Å². The Morgan fingerprint density at radius 2 is 1.84 bits per heavy atom. The molecule has 1 aromatic carbocycles. The molecule has 0 aliphatic heterocycles. The second-order valence-electron chi connectivity index (χ2n) is 4.43. The van der Waals surface area contributed by atoms with E-state index >= 15 is 0 Å². The molecule has 5 nitrogen and oxygen atoms in total. The van der Waals surface area contributed by atoms with Crippen molar-refractivity contribution in [1.29, 1.82) is 0 Å². The predicted octanol–water partition coefficient (Wildman–Crippen LogP) is 1.39. The Morgan fingerprint density at radius 3 is 2.37 bits per heavy atom. The average Bonchev–Trinajstić information content (AvgIpc) is 2.83. The van der Waals surface area contributed by atoms with Crippen molar-refractivity contribution in [3.8, 4) is 0 Å². The van der Waals surface area contributed by atoms with Gasteiger partial charge in [0.15, 0.2) is 9.84 Å². The first kappa shape index (κ1) is 13.7. The van der Waals surface area contributed by atoms with Gasteiger partial charge in [-0.15, -0.1) is 5.10 Å². The summed E-state index contributed by atoms with van der Waals surface area (Å²) >= 11 is 0. The number of hydrogen-bond donors (Lipinski definition) is 0. The Morgan fingerprint density at radius 1 is 1.16 bits per heavy atom. The minimum absolute atomic E-state index is 0.131. The van der Waals surface area contributed by atoms with Gasteiger partial charge in [-0.2, -0.15) is 0 Å². The molecule has 0 unspecified atom stereocenters. The SMILES string of the molecule is CCS(=O)(=O)c1ccc(CCc2cn(C)nn2)cc1. The summed E-state index contributed by atoms with van der Waals surface area (Å²) < 4.78 is 25.0. The van der Waals surface area contributed by atoms with Crippen molar-refractivity contribution in [2.45, 2.75) is 24.7 Å². The van der Waals surface area contributed by atoms with Crippen molar-refractivity contribution in [2.75, 3.05) is 5.75 Å². The quantitative estimate of drug-likeness (QED) is 0.829. The van der Waals surface area contributed by atoms with Gasteiger partial charge in [0.1, 0.15) is 0 Å². The molecular formula is C13H17N3O2S. The molecule has 0 aliphatic rings. The molecule has 102 valence electrons. The fraction of sp³-hybridized carbons (Fsp3) is 0.385. The average molecular weight is 279 g/mol. The Balaban J connectivity index is 2.03. The zero-order valence-corrected chi connectivity index (χ0v) is 11.9. The van der Waals surface area contributed by atoms with Gasteiger partial charge in [0.05, 0.1) is 16.3 Å². The Kier molecular flexibility index (Phi) is 3.99. The smallest absolute Gasteiger partial charge is 0.178 e. The third-order valence-corrected chi connectivity index (χ3v) is 4.73. The highest BCUT2D eigenvalue weighted by Crippen LogP contribution is 2.13. The Hall–Kier alpha value is -1.69. The summed E-state index contributed by atoms with van der Waals surface area (Å²) in [5, 5.41) is 7.89. The maximum Gasteiger partial charge on any atom is 0.178 e. The molecule has 6 heteroatoms. The fourth-order valence-corrected chi connectivity index (χ4v) is 2.70. The number of aryl methyl sites for hydroxylation is 3. The van der Waals surface area contributed by atoms with Gasteiger partial charge >= 0.3 is 0 Å². The third kappa shape index (κ3) is 3.41. The maximum atomic E-state index is 11.7. The number of aromatic nitrogens is 3. The number of hydrogen-bond acceptors (Lipinski definition) is 4. The highest BCUT2D eigenvalue weighted by Gasteiger charge is 2.10. The zero-order valence-electron chi connectivity index (χ0n) is 11.1. The van der Waals surface area contributed by atoms with E-state index in [4.69, 9.17) is 0 Å². The summed E-state index contributed by atoms with van der Waals surface area (Å²) in [5.74, 6) is 0.131. The van der Waals surface area contributed by atoms with Crippen LogP contribution in [0.2, 0.25) is 0 Å². The van der Waals surface area contributed by atoms with E-state index < -0.39 is 9.84 Å². The molecule has 1 aromatic heterocycles. The van der Waals surface area contributed by atoms with Crippen LogP contribution in [0.5, 0.6) is 0 Å². The van der Waals surface area contributed by atoms with E-state index in [0.717, 1.165) is 24.1 Å². The van der Waals surface area contributed by atoms with Gasteiger partial charge < -0.3 is 0 Å². The summed E-state index contributed by atoms with van der Waals surface area (Å²) in [7, 11) is -1.27. The summed E-state index contributed by atoms with van der Waals surface area (Å²) in [4.78, 5) is 0.387. The van der Waals surface area contributed by atoms with Gasteiger partial charge in [-0.1, -0.05) is 24.3 Å². The predicted molar refractivity (Wildman–Crippen MR) is 72.6 cm³/mol. The molecule has 0 aliphatic carbocycles. The van der Waals surface area contributed by atoms with Crippen LogP contribution in [0.1, 0.15) is 18.2 Å². The zero-order chi connectivity index (χ0) is 13.9. The second-order valence-corrected chi connectivity index (χ2v) is 6.71. The lowest BCUT2D eigenvalue weighted by Crippen LogP contribution is -2.03. The fourth-order valence-electron chi connectivity index (χ4n) is 1.81. The van der Waals surface area contributed by atoms with Crippen LogP contribution in [-0.2, 0) is 29.7 Å². The molecular weight excluding hydrogens is 262 g/mol. The molecule has 19 heavy (non-hydrogen) atoms. The normalized spacial score (nSPS) is 11.7. The first-order chi connectivity index (χ1) is 9.01. The van der Waals surface area contributed by atoms with E-state index in [1.807, 2.05) is 25.4 Å². The molecule has 0 bridgehead atoms. The van der Waals surface area contributed by atoms with Crippen molar-refractivity contribution in [3.63, 3.8) is 0 Å². The van der Waals surface area contributed by atoms with E-state index in [-0.39, 0.29) is 5.75 Å². The third-order valence-electron chi connectivity index (χ3n) is 2.98. The first-order valence-corrected chi connectivity index (χ1v) is 7.83. The molecule has 0 saturated heterocycles. The summed E-state index contributed by atoms with van der Waals surface area (Å²) in [5.41, 5.74) is 2.04. The van der Waals surface area contributed by atoms with Gasteiger partial charge in [0, 0.05) is 13.2 Å². The molecule has 0 saturated carbocycles. The molecule has 2 aromatic rings. The van der Waals surface area contributed by atoms with Crippen LogP contribution in [0.3, 0.4) is 0 Å². The van der Waals surface area contributed by atoms with Gasteiger partial charge in [-0.3, -0.25) is 4.68 Å². The number of nitrogens with zero attached hydrogens (tertiary/aromatic N) is 3. The van der Waals surface area contributed by atoms with Crippen LogP contribution in [0.4, 0.5) is 0 Å². The van der Waals surface area contributed by atoms with Gasteiger partial charge in [0.25, 0.3) is 0 Å². The molecule has 2 rings (SSSR count). The van der Waals surface area contributed by atoms with E-state index in [1.54, 1.807) is 23.7 Å². The molecule has 1 heterocycles. The Labute approximate surface area is 113 Å². The molecule has 0 spiro atoms. The summed E-state index contributed by atoms with van der Waals surface area (Å²) in [6.45, 7) is 1.65. The first-order valence-electron chi connectivity index (χ1n) is 6.18. The van der Waals surface area contributed by atoms with Crippen LogP contribution < -0.4 is 0 Å². The van der Waals surface area contributed by atoms with Crippen molar-refractivity contribution in [3.05, 3.63) is 41.7 Å². The van der Waals surface area contributed by atoms with Gasteiger partial charge in [-0.25, -0.2) is 8.42 Å². The van der Waals surface area contributed by atoms with Crippen molar-refractivity contribution in [2.24, 2.45) is 7.05 Å². The van der Waals surface area contributed by atoms with Gasteiger partial charge in [0.2, 0.25) is 0 Å². The highest BCUT2D eigenvalue weighted by atomic mass is 32.2. The number of benzene rings is 1. The minimum atomic E-state index is -3.10. The standard InChI is InChI=1S/C13H17N3O2S/c1-3-19(17,18)13-8-5-11(6-9-13)4-7-12-10-16(2)15-14-12/h5-6,8-10H,3-4,7H2,1-2H3. The second kappa shape index (κ2) is 5.52. The highest BCUT2D eigenvalue weighted by molar-refractivity contribution is 7.91. The Bertz CT molecular complexity index is 645. The van der Waals surface area contributed by atoms with Crippen molar-refractivity contribution >= 4 is 9.84 Å². The lowest BCUT2D eigenvalue weighted by atomic mass is 10.1. The summed E-state index contributed by atoms with van der Waals surface area (Å²) in [6, 6.07) is 7.06. The topological polar surface area (TPSA) is 64.8 Å². The molecule has 0 atom stereocenters. The lowest BCUT2D eigenvalue weighted by Gasteiger charge is -2.03. The van der Waals surface area contributed by atoms with Crippen molar-refractivity contribution in [1.82, 2.24) is 15.0 Å². The maximum absolute atomic E-state index is 11.7. The van der Waals surface area contributed by atoms with Crippen LogP contribution in [0.25, 0.3) is 0 Å². The number of rotatable bonds is 5. The van der Waals surface area contributed by atoms with Gasteiger partial charge in [-0.05, 0) is 30.5 Å². The molecule has 0 N–H and O–H groups in total.